The number of pyridine rings is 1. The summed E-state index contributed by atoms with van der Waals surface area (Å²) in [6.45, 7) is 3.17. The smallest absolute Gasteiger partial charge is 0.305 e. The summed E-state index contributed by atoms with van der Waals surface area (Å²) in [6, 6.07) is 12.7. The molecule has 0 fully saturated rings. The number of carboxylic acids is 1. The molecule has 1 amide bonds. The van der Waals surface area contributed by atoms with Gasteiger partial charge in [-0.15, -0.1) is 0 Å². The van der Waals surface area contributed by atoms with Crippen LogP contribution in [0.4, 0.5) is 4.39 Å². The molecule has 1 aliphatic rings. The summed E-state index contributed by atoms with van der Waals surface area (Å²) >= 11 is 0. The van der Waals surface area contributed by atoms with Crippen molar-refractivity contribution in [2.24, 2.45) is 0 Å². The average Bonchev–Trinajstić information content (AvgIpc) is 2.94. The third-order valence-corrected chi connectivity index (χ3v) is 7.68. The van der Waals surface area contributed by atoms with Crippen LogP contribution in [0.15, 0.2) is 59.5 Å². The first kappa shape index (κ1) is 31.0. The number of hydrogen-bond donors (Lipinski definition) is 2. The lowest BCUT2D eigenvalue weighted by molar-refractivity contribution is -0.138. The second kappa shape index (κ2) is 14.3. The summed E-state index contributed by atoms with van der Waals surface area (Å²) in [5.41, 5.74) is 3.14. The van der Waals surface area contributed by atoms with Gasteiger partial charge in [-0.3, -0.25) is 14.4 Å². The molecule has 4 rings (SSSR count). The number of carbonyl (C=O) groups excluding carboxylic acids is 1. The quantitative estimate of drug-likeness (QED) is 0.413. The van der Waals surface area contributed by atoms with E-state index >= 15 is 0 Å². The zero-order valence-electron chi connectivity index (χ0n) is 24.6. The highest BCUT2D eigenvalue weighted by atomic mass is 19.1. The van der Waals surface area contributed by atoms with Gasteiger partial charge in [0, 0.05) is 18.3 Å². The third kappa shape index (κ3) is 7.85. The molecule has 8 nitrogen and oxygen atoms in total. The van der Waals surface area contributed by atoms with Crippen molar-refractivity contribution in [3.05, 3.63) is 87.6 Å². The van der Waals surface area contributed by atoms with Crippen LogP contribution >= 0.6 is 0 Å². The molecule has 1 aromatic heterocycles. The summed E-state index contributed by atoms with van der Waals surface area (Å²) in [7, 11) is 3.81. The summed E-state index contributed by atoms with van der Waals surface area (Å²) in [5, 5.41) is 12.6. The molecule has 0 saturated heterocycles. The maximum absolute atomic E-state index is 14.8. The Labute approximate surface area is 246 Å². The van der Waals surface area contributed by atoms with E-state index in [1.54, 1.807) is 12.3 Å². The Bertz CT molecular complexity index is 1470. The summed E-state index contributed by atoms with van der Waals surface area (Å²) in [5.74, 6) is -1.74. The first-order chi connectivity index (χ1) is 20.1. The number of nitrogens with zero attached hydrogens (tertiary/aromatic N) is 2. The Hall–Kier alpha value is -3.98. The van der Waals surface area contributed by atoms with Crippen molar-refractivity contribution in [3.8, 4) is 16.9 Å². The number of carbonyl (C=O) groups is 2. The van der Waals surface area contributed by atoms with Crippen LogP contribution in [0.2, 0.25) is 0 Å². The first-order valence-corrected chi connectivity index (χ1v) is 14.5. The number of halogens is 1. The van der Waals surface area contributed by atoms with E-state index in [4.69, 9.17) is 4.74 Å². The fraction of sp³-hybridized carbons (Fsp3) is 0.424. The zero-order chi connectivity index (χ0) is 30.2. The van der Waals surface area contributed by atoms with Crippen LogP contribution in [0.25, 0.3) is 11.1 Å². The van der Waals surface area contributed by atoms with Crippen LogP contribution < -0.4 is 15.6 Å². The van der Waals surface area contributed by atoms with Gasteiger partial charge in [0.15, 0.2) is 5.82 Å². The van der Waals surface area contributed by atoms with Crippen molar-refractivity contribution in [1.82, 2.24) is 14.8 Å². The van der Waals surface area contributed by atoms with Gasteiger partial charge in [0.05, 0.1) is 19.1 Å². The molecule has 2 aromatic carbocycles. The van der Waals surface area contributed by atoms with Gasteiger partial charge >= 0.3 is 5.97 Å². The summed E-state index contributed by atoms with van der Waals surface area (Å²) in [6.07, 6.45) is 5.13. The van der Waals surface area contributed by atoms with Gasteiger partial charge in [0.1, 0.15) is 11.8 Å². The number of rotatable bonds is 6. The third-order valence-electron chi connectivity index (χ3n) is 7.68. The topological polar surface area (TPSA) is 101 Å². The number of nitrogens with one attached hydrogen (secondary N) is 1. The molecule has 2 N–H and O–H groups in total. The van der Waals surface area contributed by atoms with Crippen LogP contribution in [0.5, 0.6) is 5.75 Å². The van der Waals surface area contributed by atoms with E-state index in [0.717, 1.165) is 41.7 Å². The summed E-state index contributed by atoms with van der Waals surface area (Å²) in [4.78, 5) is 40.8. The Kier molecular flexibility index (Phi) is 10.5. The molecule has 1 aliphatic heterocycles. The zero-order valence-corrected chi connectivity index (χ0v) is 24.6. The van der Waals surface area contributed by atoms with Crippen LogP contribution in [0.3, 0.4) is 0 Å². The first-order valence-electron chi connectivity index (χ1n) is 14.5. The Morgan fingerprint density at radius 1 is 1.10 bits per heavy atom. The lowest BCUT2D eigenvalue weighted by Crippen LogP contribution is -2.40. The van der Waals surface area contributed by atoms with Crippen molar-refractivity contribution in [2.45, 2.75) is 64.0 Å². The highest BCUT2D eigenvalue weighted by molar-refractivity contribution is 5.82. The van der Waals surface area contributed by atoms with Crippen molar-refractivity contribution in [2.75, 3.05) is 27.2 Å². The molecule has 0 unspecified atom stereocenters. The summed E-state index contributed by atoms with van der Waals surface area (Å²) < 4.78 is 22.2. The number of likely N-dealkylation sites (N-methyl/N-ethyl adjacent to an activating group) is 1. The van der Waals surface area contributed by atoms with Crippen LogP contribution in [-0.2, 0) is 16.0 Å². The minimum atomic E-state index is -1.08. The van der Waals surface area contributed by atoms with Crippen LogP contribution in [0, 0.1) is 12.7 Å². The van der Waals surface area contributed by atoms with Gasteiger partial charge in [-0.25, -0.2) is 4.39 Å². The van der Waals surface area contributed by atoms with Gasteiger partial charge in [-0.05, 0) is 80.7 Å². The van der Waals surface area contributed by atoms with E-state index in [-0.39, 0.29) is 6.42 Å². The number of carboxylic acid groups (broad SMARTS) is 1. The highest BCUT2D eigenvalue weighted by Gasteiger charge is 2.27. The molecule has 0 saturated carbocycles. The largest absolute Gasteiger partial charge is 0.493 e. The minimum absolute atomic E-state index is 0.311. The molecule has 0 spiro atoms. The number of ether oxygens (including phenoxy) is 1. The van der Waals surface area contributed by atoms with E-state index in [2.05, 4.69) is 5.32 Å². The maximum Gasteiger partial charge on any atom is 0.305 e. The van der Waals surface area contributed by atoms with Crippen LogP contribution in [-0.4, -0.2) is 53.7 Å². The number of benzene rings is 2. The monoisotopic (exact) mass is 577 g/mol. The number of amides is 1. The lowest BCUT2D eigenvalue weighted by atomic mass is 9.94. The van der Waals surface area contributed by atoms with Gasteiger partial charge in [-0.1, -0.05) is 49.6 Å². The SMILES string of the molecule is Cc1cccc2c1-c1cccc(c1)[C@H](CC(=O)O)NC(=O)[C@@H](n1cc(CCN(C)C)cc(F)c1=O)CCCCCCO2. The highest BCUT2D eigenvalue weighted by Crippen LogP contribution is 2.35. The Balaban J connectivity index is 1.76. The van der Waals surface area contributed by atoms with Crippen molar-refractivity contribution < 1.29 is 23.8 Å². The molecular weight excluding hydrogens is 537 g/mol. The molecule has 2 heterocycles. The average molecular weight is 578 g/mol. The van der Waals surface area contributed by atoms with Crippen molar-refractivity contribution in [1.29, 1.82) is 0 Å². The van der Waals surface area contributed by atoms with E-state index in [0.29, 0.717) is 43.5 Å². The minimum Gasteiger partial charge on any atom is -0.493 e. The van der Waals surface area contributed by atoms with Crippen molar-refractivity contribution in [3.63, 3.8) is 0 Å². The van der Waals surface area contributed by atoms with Gasteiger partial charge < -0.3 is 24.6 Å². The molecule has 0 radical (unpaired) electrons. The fourth-order valence-electron chi connectivity index (χ4n) is 5.45. The van der Waals surface area contributed by atoms with Crippen molar-refractivity contribution >= 4 is 11.9 Å². The second-order valence-electron chi connectivity index (χ2n) is 11.3. The van der Waals surface area contributed by atoms with Gasteiger partial charge in [0.2, 0.25) is 5.91 Å². The Morgan fingerprint density at radius 3 is 2.62 bits per heavy atom. The molecule has 2 bridgehead atoms. The van der Waals surface area contributed by atoms with E-state index < -0.39 is 35.3 Å². The van der Waals surface area contributed by atoms with E-state index in [9.17, 15) is 23.9 Å². The normalized spacial score (nSPS) is 18.2. The molecular formula is C33H40FN3O5. The molecule has 0 aliphatic carbocycles. The van der Waals surface area contributed by atoms with Gasteiger partial charge in [0.25, 0.3) is 5.56 Å². The molecule has 3 aromatic rings. The molecule has 42 heavy (non-hydrogen) atoms. The van der Waals surface area contributed by atoms with Gasteiger partial charge in [-0.2, -0.15) is 0 Å². The van der Waals surface area contributed by atoms with E-state index in [1.807, 2.05) is 62.3 Å². The lowest BCUT2D eigenvalue weighted by Gasteiger charge is -2.25. The fourth-order valence-corrected chi connectivity index (χ4v) is 5.45. The second-order valence-corrected chi connectivity index (χ2v) is 11.3. The number of aliphatic carboxylic acids is 1. The number of aryl methyl sites for hydroxylation is 1. The molecule has 224 valence electrons. The van der Waals surface area contributed by atoms with E-state index in [1.165, 1.54) is 10.6 Å². The predicted octanol–water partition coefficient (Wildman–Crippen LogP) is 5.28. The number of aromatic nitrogens is 1. The molecule has 2 atom stereocenters. The standard InChI is InChI=1S/C33H40FN3O5/c1-22-10-8-14-29-31(22)25-12-9-11-24(19-25)27(20-30(38)39)35-32(40)28(13-6-4-5-7-17-42-29)37-21-23(15-16-36(2)3)18-26(34)33(37)41/h8-12,14,18-19,21,27-28H,4-7,13,15-17,20H2,1-3H3,(H,35,40)(H,38,39)/t27-,28-/m0/s1. The predicted molar refractivity (Wildman–Crippen MR) is 160 cm³/mol. The number of fused-ring (bicyclic) bond motifs is 4. The Morgan fingerprint density at radius 2 is 1.86 bits per heavy atom. The molecule has 9 heteroatoms. The number of hydrogen-bond acceptors (Lipinski definition) is 5. The maximum atomic E-state index is 14.8. The van der Waals surface area contributed by atoms with Crippen LogP contribution in [0.1, 0.15) is 67.3 Å².